The quantitative estimate of drug-likeness (QED) is 0.785. The number of nitrogens with zero attached hydrogens (tertiary/aromatic N) is 4. The van der Waals surface area contributed by atoms with E-state index in [4.69, 9.17) is 5.73 Å². The Kier molecular flexibility index (Phi) is 2.87. The van der Waals surface area contributed by atoms with E-state index < -0.39 is 0 Å². The minimum atomic E-state index is -0.292. The minimum absolute atomic E-state index is 0.292. The summed E-state index contributed by atoms with van der Waals surface area (Å²) in [4.78, 5) is 4.40. The number of fused-ring (bicyclic) bond motifs is 1. The van der Waals surface area contributed by atoms with Crippen molar-refractivity contribution in [1.82, 2.24) is 19.2 Å². The van der Waals surface area contributed by atoms with Gasteiger partial charge in [0.15, 0.2) is 5.82 Å². The zero-order valence-electron chi connectivity index (χ0n) is 10.1. The molecule has 7 heteroatoms. The van der Waals surface area contributed by atoms with Gasteiger partial charge >= 0.3 is 0 Å². The Hall–Kier alpha value is -1.73. The monoisotopic (exact) mass is 323 g/mol. The lowest BCUT2D eigenvalue weighted by Gasteiger charge is -2.00. The Morgan fingerprint density at radius 3 is 2.84 bits per heavy atom. The lowest BCUT2D eigenvalue weighted by molar-refractivity contribution is 0.628. The molecule has 2 aromatic heterocycles. The maximum atomic E-state index is 13.3. The molecule has 0 unspecified atom stereocenters. The van der Waals surface area contributed by atoms with Crippen LogP contribution in [0.1, 0.15) is 5.69 Å². The average Bonchev–Trinajstić information content (AvgIpc) is 2.88. The molecule has 2 heterocycles. The second kappa shape index (κ2) is 4.43. The van der Waals surface area contributed by atoms with Crippen LogP contribution in [0.4, 0.5) is 4.39 Å². The highest BCUT2D eigenvalue weighted by atomic mass is 79.9. The van der Waals surface area contributed by atoms with Gasteiger partial charge in [0.25, 0.3) is 0 Å². The molecule has 98 valence electrons. The summed E-state index contributed by atoms with van der Waals surface area (Å²) in [6.07, 6.45) is 0. The number of hydrogen-bond acceptors (Lipinski definition) is 3. The van der Waals surface area contributed by atoms with Crippen molar-refractivity contribution >= 4 is 21.7 Å². The van der Waals surface area contributed by atoms with Crippen molar-refractivity contribution in [2.24, 2.45) is 12.8 Å². The number of nitrogens with two attached hydrogens (primary N) is 1. The molecular weight excluding hydrogens is 313 g/mol. The Balaban J connectivity index is 2.24. The third-order valence-corrected chi connectivity index (χ3v) is 3.73. The fraction of sp³-hybridized carbons (Fsp3) is 0.167. The molecule has 0 atom stereocenters. The highest BCUT2D eigenvalue weighted by molar-refractivity contribution is 9.10. The van der Waals surface area contributed by atoms with Crippen molar-refractivity contribution in [2.45, 2.75) is 6.54 Å². The van der Waals surface area contributed by atoms with Crippen LogP contribution in [0.2, 0.25) is 0 Å². The number of benzene rings is 1. The number of aromatic nitrogens is 4. The molecule has 3 aromatic rings. The fourth-order valence-corrected chi connectivity index (χ4v) is 2.48. The summed E-state index contributed by atoms with van der Waals surface area (Å²) in [5.74, 6) is 1.01. The van der Waals surface area contributed by atoms with Crippen LogP contribution in [0.3, 0.4) is 0 Å². The predicted molar refractivity (Wildman–Crippen MR) is 72.9 cm³/mol. The Morgan fingerprint density at radius 2 is 2.21 bits per heavy atom. The number of hydrogen-bond donors (Lipinski definition) is 1. The second-order valence-electron chi connectivity index (χ2n) is 4.16. The molecule has 3 rings (SSSR count). The van der Waals surface area contributed by atoms with Crippen molar-refractivity contribution in [1.29, 1.82) is 0 Å². The number of halogens is 2. The SMILES string of the molecule is Cn1c(-c2cccc(F)c2)nn2c(Br)c(CN)nc12. The first-order valence-corrected chi connectivity index (χ1v) is 6.47. The molecular formula is C12H11BrFN5. The summed E-state index contributed by atoms with van der Waals surface area (Å²) in [5, 5.41) is 4.44. The summed E-state index contributed by atoms with van der Waals surface area (Å²) in [5.41, 5.74) is 7.04. The molecule has 0 aliphatic heterocycles. The first-order chi connectivity index (χ1) is 9.11. The van der Waals surface area contributed by atoms with Gasteiger partial charge in [-0.2, -0.15) is 4.52 Å². The van der Waals surface area contributed by atoms with Crippen LogP contribution in [0.15, 0.2) is 28.9 Å². The lowest BCUT2D eigenvalue weighted by Crippen LogP contribution is -1.99. The summed E-state index contributed by atoms with van der Waals surface area (Å²) in [6, 6.07) is 6.31. The molecule has 0 aliphatic rings. The van der Waals surface area contributed by atoms with Gasteiger partial charge in [0.05, 0.1) is 5.69 Å². The maximum absolute atomic E-state index is 13.3. The van der Waals surface area contributed by atoms with Crippen LogP contribution in [-0.2, 0) is 13.6 Å². The van der Waals surface area contributed by atoms with Gasteiger partial charge in [0, 0.05) is 19.2 Å². The van der Waals surface area contributed by atoms with Crippen LogP contribution in [0.5, 0.6) is 0 Å². The van der Waals surface area contributed by atoms with Crippen LogP contribution in [-0.4, -0.2) is 19.2 Å². The number of aryl methyl sites for hydroxylation is 1. The predicted octanol–water partition coefficient (Wildman–Crippen LogP) is 2.10. The topological polar surface area (TPSA) is 61.1 Å². The summed E-state index contributed by atoms with van der Waals surface area (Å²) in [7, 11) is 1.84. The second-order valence-corrected chi connectivity index (χ2v) is 4.91. The van der Waals surface area contributed by atoms with Gasteiger partial charge in [-0.25, -0.2) is 9.37 Å². The van der Waals surface area contributed by atoms with Gasteiger partial charge in [0.2, 0.25) is 5.78 Å². The van der Waals surface area contributed by atoms with E-state index in [1.165, 1.54) is 12.1 Å². The van der Waals surface area contributed by atoms with E-state index in [0.717, 1.165) is 10.3 Å². The molecule has 0 aliphatic carbocycles. The number of imidazole rings is 1. The number of rotatable bonds is 2. The molecule has 1 aromatic carbocycles. The molecule has 0 bridgehead atoms. The normalized spacial score (nSPS) is 11.4. The zero-order valence-corrected chi connectivity index (χ0v) is 11.7. The van der Waals surface area contributed by atoms with Crippen molar-refractivity contribution in [3.05, 3.63) is 40.4 Å². The van der Waals surface area contributed by atoms with E-state index in [0.29, 0.717) is 23.7 Å². The molecule has 0 saturated carbocycles. The summed E-state index contributed by atoms with van der Waals surface area (Å²) in [6.45, 7) is 0.333. The largest absolute Gasteiger partial charge is 0.325 e. The first-order valence-electron chi connectivity index (χ1n) is 5.67. The molecule has 2 N–H and O–H groups in total. The third-order valence-electron chi connectivity index (χ3n) is 2.94. The van der Waals surface area contributed by atoms with E-state index in [2.05, 4.69) is 26.0 Å². The smallest absolute Gasteiger partial charge is 0.233 e. The molecule has 0 amide bonds. The molecule has 0 spiro atoms. The zero-order chi connectivity index (χ0) is 13.6. The molecule has 19 heavy (non-hydrogen) atoms. The minimum Gasteiger partial charge on any atom is -0.325 e. The van der Waals surface area contributed by atoms with Gasteiger partial charge in [-0.1, -0.05) is 12.1 Å². The van der Waals surface area contributed by atoms with Crippen molar-refractivity contribution < 1.29 is 4.39 Å². The fourth-order valence-electron chi connectivity index (χ4n) is 2.00. The van der Waals surface area contributed by atoms with Crippen molar-refractivity contribution in [3.63, 3.8) is 0 Å². The molecule has 0 saturated heterocycles. The van der Waals surface area contributed by atoms with Crippen molar-refractivity contribution in [2.75, 3.05) is 0 Å². The van der Waals surface area contributed by atoms with Gasteiger partial charge < -0.3 is 5.73 Å². The Morgan fingerprint density at radius 1 is 1.42 bits per heavy atom. The van der Waals surface area contributed by atoms with E-state index in [1.54, 1.807) is 15.1 Å². The molecule has 0 radical (unpaired) electrons. The van der Waals surface area contributed by atoms with Gasteiger partial charge in [0.1, 0.15) is 10.4 Å². The third kappa shape index (κ3) is 1.85. The lowest BCUT2D eigenvalue weighted by atomic mass is 10.2. The van der Waals surface area contributed by atoms with E-state index in [1.807, 2.05) is 13.1 Å². The van der Waals surface area contributed by atoms with Crippen LogP contribution in [0, 0.1) is 5.82 Å². The van der Waals surface area contributed by atoms with Gasteiger partial charge in [-0.05, 0) is 28.1 Å². The first kappa shape index (κ1) is 12.3. The van der Waals surface area contributed by atoms with Crippen molar-refractivity contribution in [3.8, 4) is 11.4 Å². The van der Waals surface area contributed by atoms with E-state index >= 15 is 0 Å². The van der Waals surface area contributed by atoms with Gasteiger partial charge in [-0.15, -0.1) is 5.10 Å². The van der Waals surface area contributed by atoms with Crippen LogP contribution in [0.25, 0.3) is 17.2 Å². The van der Waals surface area contributed by atoms with E-state index in [9.17, 15) is 4.39 Å². The van der Waals surface area contributed by atoms with E-state index in [-0.39, 0.29) is 5.82 Å². The summed E-state index contributed by atoms with van der Waals surface area (Å²) >= 11 is 3.42. The van der Waals surface area contributed by atoms with Crippen LogP contribution >= 0.6 is 15.9 Å². The molecule has 5 nitrogen and oxygen atoms in total. The highest BCUT2D eigenvalue weighted by Crippen LogP contribution is 2.24. The maximum Gasteiger partial charge on any atom is 0.233 e. The standard InChI is InChI=1S/C12H11BrFN5/c1-18-11(7-3-2-4-8(14)5-7)17-19-10(13)9(6-15)16-12(18)19/h2-5H,6,15H2,1H3. The molecule has 0 fully saturated rings. The highest BCUT2D eigenvalue weighted by Gasteiger charge is 2.17. The Bertz CT molecular complexity index is 761. The summed E-state index contributed by atoms with van der Waals surface area (Å²) < 4.78 is 17.5. The van der Waals surface area contributed by atoms with Gasteiger partial charge in [-0.3, -0.25) is 4.57 Å². The average molecular weight is 324 g/mol. The van der Waals surface area contributed by atoms with Crippen LogP contribution < -0.4 is 5.73 Å². The Labute approximate surface area is 117 Å².